The minimum Gasteiger partial charge on any atom is -0.354 e. The minimum absolute atomic E-state index is 0.0170. The highest BCUT2D eigenvalue weighted by Crippen LogP contribution is 2.31. The van der Waals surface area contributed by atoms with E-state index in [1.807, 2.05) is 18.4 Å². The van der Waals surface area contributed by atoms with E-state index in [9.17, 15) is 13.2 Å². The minimum atomic E-state index is -3.64. The molecule has 0 aliphatic rings. The van der Waals surface area contributed by atoms with E-state index in [4.69, 9.17) is 11.6 Å². The molecule has 4 nitrogen and oxygen atoms in total. The van der Waals surface area contributed by atoms with E-state index in [1.165, 1.54) is 11.3 Å². The number of rotatable bonds is 7. The molecule has 1 N–H and O–H groups in total. The number of thiophene rings is 1. The first-order chi connectivity index (χ1) is 13.4. The Morgan fingerprint density at radius 1 is 1.07 bits per heavy atom. The molecule has 1 atom stereocenters. The van der Waals surface area contributed by atoms with Gasteiger partial charge in [-0.3, -0.25) is 4.79 Å². The molecule has 0 aliphatic heterocycles. The second-order valence-corrected chi connectivity index (χ2v) is 10.0. The summed E-state index contributed by atoms with van der Waals surface area (Å²) in [5, 5.41) is 4.39. The third-order valence-electron chi connectivity index (χ3n) is 4.35. The summed E-state index contributed by atoms with van der Waals surface area (Å²) in [5.74, 6) is -0.233. The van der Waals surface area contributed by atoms with Crippen LogP contribution in [0.5, 0.6) is 0 Å². The third-order valence-corrected chi connectivity index (χ3v) is 7.83. The molecular weight excluding hydrogens is 414 g/mol. The van der Waals surface area contributed by atoms with Crippen molar-refractivity contribution < 1.29 is 13.2 Å². The highest BCUT2D eigenvalue weighted by atomic mass is 35.5. The quantitative estimate of drug-likeness (QED) is 0.593. The summed E-state index contributed by atoms with van der Waals surface area (Å²) >= 11 is 7.23. The number of aryl methyl sites for hydroxylation is 1. The van der Waals surface area contributed by atoms with Crippen molar-refractivity contribution in [2.75, 3.05) is 6.54 Å². The number of halogens is 1. The molecule has 7 heteroatoms. The van der Waals surface area contributed by atoms with Crippen LogP contribution in [0.25, 0.3) is 0 Å². The van der Waals surface area contributed by atoms with E-state index in [-0.39, 0.29) is 23.8 Å². The molecule has 0 unspecified atom stereocenters. The molecule has 2 aromatic carbocycles. The van der Waals surface area contributed by atoms with Crippen LogP contribution in [-0.2, 0) is 21.1 Å². The average molecular weight is 434 g/mol. The van der Waals surface area contributed by atoms with Crippen molar-refractivity contribution >= 4 is 38.7 Å². The van der Waals surface area contributed by atoms with Gasteiger partial charge in [0.25, 0.3) is 0 Å². The number of sulfone groups is 1. The van der Waals surface area contributed by atoms with Gasteiger partial charge in [-0.25, -0.2) is 8.42 Å². The number of amides is 1. The molecule has 0 fully saturated rings. The number of nitrogens with one attached hydrogen (secondary N) is 1. The molecule has 0 spiro atoms. The molecule has 0 saturated carbocycles. The van der Waals surface area contributed by atoms with Crippen LogP contribution in [0.15, 0.2) is 70.9 Å². The number of benzene rings is 2. The predicted molar refractivity (Wildman–Crippen MR) is 114 cm³/mol. The highest BCUT2D eigenvalue weighted by molar-refractivity contribution is 7.91. The standard InChI is InChI=1S/C21H20ClNO3S2/c1-15-4-10-18(11-5-15)28(25,26)20(19-3-2-12-27-19)14-23-21(24)13-16-6-8-17(22)9-7-16/h2-12,20H,13-14H2,1H3,(H,23,24)/t20-/m1/s1. The number of carbonyl (C=O) groups is 1. The molecule has 146 valence electrons. The first-order valence-corrected chi connectivity index (χ1v) is 11.5. The molecule has 0 aliphatic carbocycles. The summed E-state index contributed by atoms with van der Waals surface area (Å²) in [6.07, 6.45) is 0.166. The van der Waals surface area contributed by atoms with Gasteiger partial charge in [0, 0.05) is 16.4 Å². The van der Waals surface area contributed by atoms with E-state index in [2.05, 4.69) is 5.32 Å². The second-order valence-electron chi connectivity index (χ2n) is 6.47. The Labute approximate surface area is 174 Å². The number of hydrogen-bond donors (Lipinski definition) is 1. The van der Waals surface area contributed by atoms with Gasteiger partial charge in [0.05, 0.1) is 11.3 Å². The Morgan fingerprint density at radius 3 is 2.36 bits per heavy atom. The molecular formula is C21H20ClNO3S2. The van der Waals surface area contributed by atoms with Crippen LogP contribution in [-0.4, -0.2) is 20.9 Å². The van der Waals surface area contributed by atoms with Crippen LogP contribution in [0.4, 0.5) is 0 Å². The molecule has 3 rings (SSSR count). The van der Waals surface area contributed by atoms with Gasteiger partial charge in [-0.05, 0) is 48.2 Å². The maximum absolute atomic E-state index is 13.2. The summed E-state index contributed by atoms with van der Waals surface area (Å²) in [7, 11) is -3.64. The van der Waals surface area contributed by atoms with Crippen LogP contribution in [0.3, 0.4) is 0 Å². The van der Waals surface area contributed by atoms with E-state index in [0.29, 0.717) is 9.90 Å². The number of hydrogen-bond acceptors (Lipinski definition) is 4. The molecule has 1 amide bonds. The lowest BCUT2D eigenvalue weighted by molar-refractivity contribution is -0.120. The zero-order chi connectivity index (χ0) is 20.1. The van der Waals surface area contributed by atoms with Crippen molar-refractivity contribution in [2.24, 2.45) is 0 Å². The van der Waals surface area contributed by atoms with E-state index in [0.717, 1.165) is 11.1 Å². The van der Waals surface area contributed by atoms with Crippen LogP contribution in [0.2, 0.25) is 5.02 Å². The topological polar surface area (TPSA) is 63.2 Å². The maximum Gasteiger partial charge on any atom is 0.224 e. The Bertz CT molecular complexity index is 1030. The van der Waals surface area contributed by atoms with Gasteiger partial charge in [-0.15, -0.1) is 11.3 Å². The van der Waals surface area contributed by atoms with Crippen molar-refractivity contribution in [1.82, 2.24) is 5.32 Å². The molecule has 0 radical (unpaired) electrons. The molecule has 3 aromatic rings. The van der Waals surface area contributed by atoms with Gasteiger partial charge in [0.1, 0.15) is 5.25 Å². The monoisotopic (exact) mass is 433 g/mol. The van der Waals surface area contributed by atoms with Crippen molar-refractivity contribution in [1.29, 1.82) is 0 Å². The maximum atomic E-state index is 13.2. The summed E-state index contributed by atoms with van der Waals surface area (Å²) in [4.78, 5) is 13.3. The van der Waals surface area contributed by atoms with E-state index in [1.54, 1.807) is 54.6 Å². The lowest BCUT2D eigenvalue weighted by atomic mass is 10.1. The lowest BCUT2D eigenvalue weighted by Crippen LogP contribution is -2.32. The second kappa shape index (κ2) is 8.90. The van der Waals surface area contributed by atoms with Crippen LogP contribution < -0.4 is 5.32 Å². The smallest absolute Gasteiger partial charge is 0.224 e. The fourth-order valence-corrected chi connectivity index (χ4v) is 5.70. The molecule has 1 heterocycles. The zero-order valence-corrected chi connectivity index (χ0v) is 17.7. The van der Waals surface area contributed by atoms with Crippen LogP contribution in [0, 0.1) is 6.92 Å². The van der Waals surface area contributed by atoms with Crippen molar-refractivity contribution in [3.63, 3.8) is 0 Å². The van der Waals surface area contributed by atoms with Crippen molar-refractivity contribution in [3.05, 3.63) is 87.1 Å². The van der Waals surface area contributed by atoms with Gasteiger partial charge in [-0.1, -0.05) is 47.5 Å². The predicted octanol–water partition coefficient (Wildman–Crippen LogP) is 4.58. The van der Waals surface area contributed by atoms with Gasteiger partial charge < -0.3 is 5.32 Å². The molecule has 0 bridgehead atoms. The van der Waals surface area contributed by atoms with Gasteiger partial charge in [0.2, 0.25) is 5.91 Å². The molecule has 0 saturated heterocycles. The number of carbonyl (C=O) groups excluding carboxylic acids is 1. The SMILES string of the molecule is Cc1ccc(S(=O)(=O)[C@H](CNC(=O)Cc2ccc(Cl)cc2)c2cccs2)cc1. The normalized spacial score (nSPS) is 12.5. The van der Waals surface area contributed by atoms with E-state index < -0.39 is 15.1 Å². The van der Waals surface area contributed by atoms with Crippen LogP contribution in [0.1, 0.15) is 21.3 Å². The Morgan fingerprint density at radius 2 is 1.75 bits per heavy atom. The fraction of sp³-hybridized carbons (Fsp3) is 0.190. The molecule has 1 aromatic heterocycles. The summed E-state index contributed by atoms with van der Waals surface area (Å²) < 4.78 is 26.4. The summed E-state index contributed by atoms with van der Waals surface area (Å²) in [6, 6.07) is 17.4. The first-order valence-electron chi connectivity index (χ1n) is 8.71. The Kier molecular flexibility index (Phi) is 6.54. The Balaban J connectivity index is 1.76. The van der Waals surface area contributed by atoms with Crippen molar-refractivity contribution in [2.45, 2.75) is 23.5 Å². The first kappa shape index (κ1) is 20.6. The Hall–Kier alpha value is -2.15. The fourth-order valence-electron chi connectivity index (χ4n) is 2.79. The van der Waals surface area contributed by atoms with Crippen molar-refractivity contribution in [3.8, 4) is 0 Å². The largest absolute Gasteiger partial charge is 0.354 e. The summed E-state index contributed by atoms with van der Waals surface area (Å²) in [6.45, 7) is 1.92. The third kappa shape index (κ3) is 5.01. The van der Waals surface area contributed by atoms with Gasteiger partial charge in [-0.2, -0.15) is 0 Å². The average Bonchev–Trinajstić information content (AvgIpc) is 3.18. The van der Waals surface area contributed by atoms with E-state index >= 15 is 0 Å². The lowest BCUT2D eigenvalue weighted by Gasteiger charge is -2.17. The summed E-state index contributed by atoms with van der Waals surface area (Å²) in [5.41, 5.74) is 1.80. The van der Waals surface area contributed by atoms with Crippen LogP contribution >= 0.6 is 22.9 Å². The zero-order valence-electron chi connectivity index (χ0n) is 15.3. The molecule has 28 heavy (non-hydrogen) atoms. The van der Waals surface area contributed by atoms with Gasteiger partial charge >= 0.3 is 0 Å². The highest BCUT2D eigenvalue weighted by Gasteiger charge is 2.30. The van der Waals surface area contributed by atoms with Gasteiger partial charge in [0.15, 0.2) is 9.84 Å².